The summed E-state index contributed by atoms with van der Waals surface area (Å²) in [5.41, 5.74) is -1.31. The van der Waals surface area contributed by atoms with Gasteiger partial charge in [-0.3, -0.25) is 19.3 Å². The third-order valence-corrected chi connectivity index (χ3v) is 11.3. The average molecular weight is 775 g/mol. The standard InChI is InChI=1S/C39H50F4N6O4S/c1-5-23(3)32(46-31(50)20-25-10-7-8-13-29(25)40)35(51)48-38(15-14-30-27(21-38)26-11-9-12-28(34(26)45-30)39(41,42)43)37(52)47-33(24(4)6-2)36(54)44-22-49-16-18-53-19-17-49/h7-13,23-24,32-33,45H,5-6,14-22H2,1-4H3,(H,44,54)(H,46,50)(H,47,52)(H,48,51)/t23?,24?,32-,33-,38+/m0/s1. The predicted molar refractivity (Wildman–Crippen MR) is 202 cm³/mol. The molecule has 0 spiro atoms. The van der Waals surface area contributed by atoms with Gasteiger partial charge in [-0.15, -0.1) is 0 Å². The van der Waals surface area contributed by atoms with Gasteiger partial charge in [-0.25, -0.2) is 4.39 Å². The number of para-hydroxylation sites is 1. The molecule has 1 aliphatic carbocycles. The molecule has 5 atom stereocenters. The summed E-state index contributed by atoms with van der Waals surface area (Å²) in [6, 6.07) is 8.07. The zero-order valence-electron chi connectivity index (χ0n) is 31.1. The number of fused-ring (bicyclic) bond motifs is 3. The van der Waals surface area contributed by atoms with Crippen LogP contribution in [0.2, 0.25) is 0 Å². The molecule has 5 rings (SSSR count). The fourth-order valence-corrected chi connectivity index (χ4v) is 7.52. The van der Waals surface area contributed by atoms with Crippen molar-refractivity contribution in [3.8, 4) is 0 Å². The number of benzene rings is 2. The maximum atomic E-state index is 14.8. The van der Waals surface area contributed by atoms with Crippen LogP contribution in [0.1, 0.15) is 69.3 Å². The van der Waals surface area contributed by atoms with Crippen molar-refractivity contribution in [2.24, 2.45) is 11.8 Å². The molecule has 1 fully saturated rings. The lowest BCUT2D eigenvalue weighted by Crippen LogP contribution is -2.67. The summed E-state index contributed by atoms with van der Waals surface area (Å²) in [7, 11) is 0. The van der Waals surface area contributed by atoms with Gasteiger partial charge in [0, 0.05) is 30.6 Å². The minimum Gasteiger partial charge on any atom is -0.379 e. The van der Waals surface area contributed by atoms with Crippen molar-refractivity contribution in [1.29, 1.82) is 0 Å². The molecule has 3 amide bonds. The zero-order valence-corrected chi connectivity index (χ0v) is 31.9. The number of aromatic amines is 1. The average Bonchev–Trinajstić information content (AvgIpc) is 3.52. The number of hydrogen-bond donors (Lipinski definition) is 5. The van der Waals surface area contributed by atoms with Crippen molar-refractivity contribution in [3.63, 3.8) is 0 Å². The van der Waals surface area contributed by atoms with Crippen LogP contribution in [0.5, 0.6) is 0 Å². The molecule has 2 aliphatic rings. The number of H-pyrrole nitrogens is 1. The number of halogens is 4. The highest BCUT2D eigenvalue weighted by atomic mass is 32.1. The molecular weight excluding hydrogens is 725 g/mol. The summed E-state index contributed by atoms with van der Waals surface area (Å²) in [6.07, 6.45) is -3.65. The Kier molecular flexibility index (Phi) is 13.4. The van der Waals surface area contributed by atoms with Crippen LogP contribution in [0.3, 0.4) is 0 Å². The molecule has 5 N–H and O–H groups in total. The predicted octanol–water partition coefficient (Wildman–Crippen LogP) is 5.18. The number of hydrogen-bond acceptors (Lipinski definition) is 6. The van der Waals surface area contributed by atoms with E-state index in [9.17, 15) is 31.9 Å². The topological polar surface area (TPSA) is 128 Å². The van der Waals surface area contributed by atoms with Crippen molar-refractivity contribution in [3.05, 3.63) is 70.7 Å². The Balaban J connectivity index is 1.47. The zero-order chi connectivity index (χ0) is 39.2. The number of rotatable bonds is 14. The molecule has 15 heteroatoms. The summed E-state index contributed by atoms with van der Waals surface area (Å²) >= 11 is 5.84. The number of amides is 3. The number of carbonyl (C=O) groups is 3. The van der Waals surface area contributed by atoms with Gasteiger partial charge in [-0.05, 0) is 47.9 Å². The Labute approximate surface area is 318 Å². The maximum Gasteiger partial charge on any atom is 0.418 e. The van der Waals surface area contributed by atoms with E-state index in [1.54, 1.807) is 19.1 Å². The minimum absolute atomic E-state index is 0.0589. The number of alkyl halides is 3. The minimum atomic E-state index is -4.62. The van der Waals surface area contributed by atoms with Gasteiger partial charge < -0.3 is 31.0 Å². The summed E-state index contributed by atoms with van der Waals surface area (Å²) < 4.78 is 62.1. The van der Waals surface area contributed by atoms with Crippen molar-refractivity contribution in [1.82, 2.24) is 31.2 Å². The van der Waals surface area contributed by atoms with Gasteiger partial charge in [0.15, 0.2) is 0 Å². The lowest BCUT2D eigenvalue weighted by molar-refractivity contribution is -0.137. The molecule has 54 heavy (non-hydrogen) atoms. The second-order valence-electron chi connectivity index (χ2n) is 14.5. The van der Waals surface area contributed by atoms with Gasteiger partial charge in [0.25, 0.3) is 0 Å². The summed E-state index contributed by atoms with van der Waals surface area (Å²) in [4.78, 5) is 47.9. The van der Waals surface area contributed by atoms with Gasteiger partial charge in [0.1, 0.15) is 17.4 Å². The van der Waals surface area contributed by atoms with E-state index in [-0.39, 0.29) is 48.6 Å². The first-order chi connectivity index (χ1) is 25.7. The molecule has 294 valence electrons. The van der Waals surface area contributed by atoms with Crippen molar-refractivity contribution >= 4 is 45.8 Å². The Bertz CT molecular complexity index is 1830. The number of nitrogens with zero attached hydrogens (tertiary/aromatic N) is 1. The molecule has 0 saturated carbocycles. The van der Waals surface area contributed by atoms with Gasteiger partial charge >= 0.3 is 6.18 Å². The molecule has 2 aromatic carbocycles. The van der Waals surface area contributed by atoms with Crippen LogP contribution >= 0.6 is 12.2 Å². The Morgan fingerprint density at radius 2 is 1.67 bits per heavy atom. The van der Waals surface area contributed by atoms with Crippen molar-refractivity contribution in [2.75, 3.05) is 33.0 Å². The molecule has 10 nitrogen and oxygen atoms in total. The molecule has 1 aliphatic heterocycles. The van der Waals surface area contributed by atoms with Crippen LogP contribution in [-0.2, 0) is 44.6 Å². The number of thiocarbonyl (C=S) groups is 1. The fourth-order valence-electron chi connectivity index (χ4n) is 7.16. The highest BCUT2D eigenvalue weighted by Crippen LogP contribution is 2.40. The number of aromatic nitrogens is 1. The Morgan fingerprint density at radius 3 is 2.33 bits per heavy atom. The number of nitrogens with one attached hydrogen (secondary N) is 5. The van der Waals surface area contributed by atoms with Gasteiger partial charge in [-0.1, -0.05) is 83.1 Å². The summed E-state index contributed by atoms with van der Waals surface area (Å²) in [5.74, 6) is -2.79. The normalized spacial score (nSPS) is 19.9. The fraction of sp³-hybridized carbons (Fsp3) is 0.538. The molecule has 3 aromatic rings. The van der Waals surface area contributed by atoms with Crippen LogP contribution in [-0.4, -0.2) is 83.2 Å². The lowest BCUT2D eigenvalue weighted by Gasteiger charge is -2.40. The van der Waals surface area contributed by atoms with Crippen LogP contribution < -0.4 is 21.3 Å². The smallest absolute Gasteiger partial charge is 0.379 e. The van der Waals surface area contributed by atoms with Crippen LogP contribution in [0, 0.1) is 17.7 Å². The monoisotopic (exact) mass is 774 g/mol. The SMILES string of the molecule is CCC(C)[C@H](NC(=O)Cc1ccccc1F)C(=O)N[C@]1(C(=O)N[C@H](C(=S)NCN2CCOCC2)C(C)CC)CCc2[nH]c3c(C(F)(F)F)cccc3c2C1. The first kappa shape index (κ1) is 41.1. The number of morpholine rings is 1. The summed E-state index contributed by atoms with van der Waals surface area (Å²) in [5, 5.41) is 12.5. The molecule has 2 heterocycles. The highest BCUT2D eigenvalue weighted by Gasteiger charge is 2.47. The van der Waals surface area contributed by atoms with E-state index in [2.05, 4.69) is 31.2 Å². The number of aryl methyl sites for hydroxylation is 1. The van der Waals surface area contributed by atoms with E-state index in [4.69, 9.17) is 17.0 Å². The van der Waals surface area contributed by atoms with Crippen LogP contribution in [0.15, 0.2) is 42.5 Å². The Hall–Kier alpha value is -4.08. The van der Waals surface area contributed by atoms with Gasteiger partial charge in [-0.2, -0.15) is 13.2 Å². The third kappa shape index (κ3) is 9.40. The highest BCUT2D eigenvalue weighted by molar-refractivity contribution is 7.80. The van der Waals surface area contributed by atoms with Crippen LogP contribution in [0.4, 0.5) is 17.6 Å². The largest absolute Gasteiger partial charge is 0.418 e. The number of carbonyl (C=O) groups excluding carboxylic acids is 3. The van der Waals surface area contributed by atoms with E-state index in [0.29, 0.717) is 54.4 Å². The Morgan fingerprint density at radius 1 is 0.981 bits per heavy atom. The van der Waals surface area contributed by atoms with E-state index in [0.717, 1.165) is 19.2 Å². The lowest BCUT2D eigenvalue weighted by atomic mass is 9.78. The van der Waals surface area contributed by atoms with Crippen LogP contribution in [0.25, 0.3) is 10.9 Å². The van der Waals surface area contributed by atoms with E-state index < -0.39 is 52.9 Å². The second kappa shape index (κ2) is 17.6. The quantitative estimate of drug-likeness (QED) is 0.113. The summed E-state index contributed by atoms with van der Waals surface area (Å²) in [6.45, 7) is 10.7. The van der Waals surface area contributed by atoms with Gasteiger partial charge in [0.05, 0.1) is 48.4 Å². The van der Waals surface area contributed by atoms with E-state index >= 15 is 0 Å². The molecular formula is C39H50F4N6O4S. The molecule has 1 saturated heterocycles. The van der Waals surface area contributed by atoms with E-state index in [1.165, 1.54) is 24.3 Å². The molecule has 0 bridgehead atoms. The molecule has 0 radical (unpaired) electrons. The molecule has 2 unspecified atom stereocenters. The van der Waals surface area contributed by atoms with Gasteiger partial charge in [0.2, 0.25) is 17.7 Å². The van der Waals surface area contributed by atoms with Crippen molar-refractivity contribution in [2.45, 2.75) is 90.0 Å². The first-order valence-corrected chi connectivity index (χ1v) is 19.0. The molecule has 1 aromatic heterocycles. The third-order valence-electron chi connectivity index (χ3n) is 10.9. The van der Waals surface area contributed by atoms with Crippen molar-refractivity contribution < 1.29 is 36.7 Å². The second-order valence-corrected chi connectivity index (χ2v) is 15.0. The maximum absolute atomic E-state index is 14.8. The number of ether oxygens (including phenoxy) is 1. The first-order valence-electron chi connectivity index (χ1n) is 18.6. The van der Waals surface area contributed by atoms with E-state index in [1.807, 2.05) is 20.8 Å².